The van der Waals surface area contributed by atoms with Crippen molar-refractivity contribution >= 4 is 12.1 Å². The predicted molar refractivity (Wildman–Crippen MR) is 60.9 cm³/mol. The largest absolute Gasteiger partial charge is 0.384 e. The van der Waals surface area contributed by atoms with Gasteiger partial charge in [0.05, 0.1) is 0 Å². The highest BCUT2D eigenvalue weighted by Crippen LogP contribution is 2.17. The maximum absolute atomic E-state index is 10.0. The molecule has 1 aromatic rings. The van der Waals surface area contributed by atoms with Gasteiger partial charge in [-0.2, -0.15) is 0 Å². The molecule has 0 aliphatic heterocycles. The second-order valence-corrected chi connectivity index (χ2v) is 3.50. The van der Waals surface area contributed by atoms with E-state index in [1.165, 1.54) is 0 Å². The number of aryl methyl sites for hydroxylation is 2. The van der Waals surface area contributed by atoms with Crippen LogP contribution in [0, 0.1) is 13.8 Å². The van der Waals surface area contributed by atoms with E-state index in [0.29, 0.717) is 6.54 Å². The molecule has 0 fully saturated rings. The van der Waals surface area contributed by atoms with Gasteiger partial charge in [0.15, 0.2) is 0 Å². The van der Waals surface area contributed by atoms with E-state index in [9.17, 15) is 4.79 Å². The second kappa shape index (κ2) is 6.01. The van der Waals surface area contributed by atoms with Crippen molar-refractivity contribution in [2.45, 2.75) is 20.3 Å². The summed E-state index contributed by atoms with van der Waals surface area (Å²) < 4.78 is 0. The van der Waals surface area contributed by atoms with Gasteiger partial charge in [-0.3, -0.25) is 9.78 Å². The van der Waals surface area contributed by atoms with E-state index >= 15 is 0 Å². The van der Waals surface area contributed by atoms with Crippen molar-refractivity contribution in [1.29, 1.82) is 0 Å². The zero-order chi connectivity index (χ0) is 11.1. The molecule has 0 aromatic carbocycles. The Balaban J connectivity index is 2.40. The average Bonchev–Trinajstić information content (AvgIpc) is 2.21. The molecule has 4 heteroatoms. The van der Waals surface area contributed by atoms with Crippen molar-refractivity contribution < 1.29 is 4.79 Å². The molecule has 82 valence electrons. The summed E-state index contributed by atoms with van der Waals surface area (Å²) in [5.74, 6) is 0. The van der Waals surface area contributed by atoms with E-state index in [0.717, 1.165) is 36.2 Å². The highest BCUT2D eigenvalue weighted by molar-refractivity contribution is 5.54. The Bertz CT molecular complexity index is 305. The molecule has 0 saturated carbocycles. The van der Waals surface area contributed by atoms with E-state index < -0.39 is 0 Å². The lowest BCUT2D eigenvalue weighted by molar-refractivity contribution is -0.109. The number of aromatic nitrogens is 1. The van der Waals surface area contributed by atoms with E-state index in [-0.39, 0.29) is 0 Å². The summed E-state index contributed by atoms with van der Waals surface area (Å²) in [4.78, 5) is 14.1. The highest BCUT2D eigenvalue weighted by atomic mass is 16.1. The van der Waals surface area contributed by atoms with Crippen molar-refractivity contribution in [1.82, 2.24) is 10.3 Å². The molecule has 0 saturated heterocycles. The molecule has 15 heavy (non-hydrogen) atoms. The van der Waals surface area contributed by atoms with Gasteiger partial charge in [-0.15, -0.1) is 0 Å². The van der Waals surface area contributed by atoms with Crippen molar-refractivity contribution in [3.05, 3.63) is 23.5 Å². The molecule has 0 aliphatic rings. The zero-order valence-electron chi connectivity index (χ0n) is 9.21. The first-order valence-electron chi connectivity index (χ1n) is 5.08. The molecule has 1 amide bonds. The molecule has 0 atom stereocenters. The fourth-order valence-electron chi connectivity index (χ4n) is 1.44. The Morgan fingerprint density at radius 2 is 1.93 bits per heavy atom. The number of nitrogens with one attached hydrogen (secondary N) is 2. The summed E-state index contributed by atoms with van der Waals surface area (Å²) in [6, 6.07) is 0. The molecule has 1 rings (SSSR count). The van der Waals surface area contributed by atoms with Crippen LogP contribution in [0.15, 0.2) is 12.4 Å². The molecule has 2 N–H and O–H groups in total. The number of carbonyl (C=O) groups excluding carboxylic acids is 1. The van der Waals surface area contributed by atoms with Crippen LogP contribution in [0.2, 0.25) is 0 Å². The van der Waals surface area contributed by atoms with E-state index in [2.05, 4.69) is 15.6 Å². The van der Waals surface area contributed by atoms with Crippen LogP contribution in [0.25, 0.3) is 0 Å². The summed E-state index contributed by atoms with van der Waals surface area (Å²) in [5.41, 5.74) is 3.45. The molecule has 0 aliphatic carbocycles. The number of rotatable bonds is 6. The maximum atomic E-state index is 10.0. The van der Waals surface area contributed by atoms with Crippen LogP contribution in [0.3, 0.4) is 0 Å². The normalized spacial score (nSPS) is 9.73. The first-order valence-corrected chi connectivity index (χ1v) is 5.08. The second-order valence-electron chi connectivity index (χ2n) is 3.50. The van der Waals surface area contributed by atoms with Crippen molar-refractivity contribution in [2.24, 2.45) is 0 Å². The summed E-state index contributed by atoms with van der Waals surface area (Å²) in [5, 5.41) is 5.98. The molecular weight excluding hydrogens is 190 g/mol. The molecule has 0 radical (unpaired) electrons. The van der Waals surface area contributed by atoms with Crippen LogP contribution in [-0.4, -0.2) is 24.5 Å². The fourth-order valence-corrected chi connectivity index (χ4v) is 1.44. The average molecular weight is 207 g/mol. The molecule has 1 heterocycles. The van der Waals surface area contributed by atoms with Crippen LogP contribution in [-0.2, 0) is 4.79 Å². The lowest BCUT2D eigenvalue weighted by Crippen LogP contribution is -2.16. The Morgan fingerprint density at radius 1 is 1.27 bits per heavy atom. The number of nitrogens with zero attached hydrogens (tertiary/aromatic N) is 1. The van der Waals surface area contributed by atoms with Gasteiger partial charge in [-0.25, -0.2) is 0 Å². The maximum Gasteiger partial charge on any atom is 0.207 e. The Kier molecular flexibility index (Phi) is 4.60. The highest BCUT2D eigenvalue weighted by Gasteiger charge is 2.00. The topological polar surface area (TPSA) is 54.0 Å². The quantitative estimate of drug-likeness (QED) is 0.545. The first kappa shape index (κ1) is 11.5. The number of hydrogen-bond acceptors (Lipinski definition) is 3. The standard InChI is InChI=1S/C11H17N3O/c1-9-6-13-7-10(2)11(9)14-5-3-4-12-8-15/h6-8H,3-5H2,1-2H3,(H,12,15)(H,13,14). The SMILES string of the molecule is Cc1cncc(C)c1NCCCNC=O. The number of anilines is 1. The minimum atomic E-state index is 0.708. The molecular formula is C11H17N3O. The summed E-state index contributed by atoms with van der Waals surface area (Å²) >= 11 is 0. The Labute approximate surface area is 90.1 Å². The van der Waals surface area contributed by atoms with Gasteiger partial charge in [0.25, 0.3) is 0 Å². The van der Waals surface area contributed by atoms with Crippen molar-refractivity contribution in [3.63, 3.8) is 0 Å². The summed E-state index contributed by atoms with van der Waals surface area (Å²) in [6.07, 6.45) is 5.33. The van der Waals surface area contributed by atoms with Gasteiger partial charge in [0, 0.05) is 31.2 Å². The fraction of sp³-hybridized carbons (Fsp3) is 0.455. The van der Waals surface area contributed by atoms with Crippen LogP contribution in [0.5, 0.6) is 0 Å². The zero-order valence-corrected chi connectivity index (χ0v) is 9.21. The molecule has 4 nitrogen and oxygen atoms in total. The molecule has 0 unspecified atom stereocenters. The minimum Gasteiger partial charge on any atom is -0.384 e. The Hall–Kier alpha value is -1.58. The van der Waals surface area contributed by atoms with Gasteiger partial charge in [-0.1, -0.05) is 0 Å². The number of pyridine rings is 1. The van der Waals surface area contributed by atoms with Crippen LogP contribution in [0.1, 0.15) is 17.5 Å². The van der Waals surface area contributed by atoms with Crippen molar-refractivity contribution in [2.75, 3.05) is 18.4 Å². The van der Waals surface area contributed by atoms with Crippen LogP contribution >= 0.6 is 0 Å². The van der Waals surface area contributed by atoms with Crippen molar-refractivity contribution in [3.8, 4) is 0 Å². The lowest BCUT2D eigenvalue weighted by Gasteiger charge is -2.11. The van der Waals surface area contributed by atoms with E-state index in [4.69, 9.17) is 0 Å². The van der Waals surface area contributed by atoms with Gasteiger partial charge >= 0.3 is 0 Å². The first-order chi connectivity index (χ1) is 7.25. The van der Waals surface area contributed by atoms with Gasteiger partial charge < -0.3 is 10.6 Å². The number of hydrogen-bond donors (Lipinski definition) is 2. The summed E-state index contributed by atoms with van der Waals surface area (Å²) in [7, 11) is 0. The van der Waals surface area contributed by atoms with Crippen LogP contribution in [0.4, 0.5) is 5.69 Å². The number of amides is 1. The summed E-state index contributed by atoms with van der Waals surface area (Å²) in [6.45, 7) is 5.63. The monoisotopic (exact) mass is 207 g/mol. The van der Waals surface area contributed by atoms with Crippen LogP contribution < -0.4 is 10.6 Å². The number of carbonyl (C=O) groups is 1. The Morgan fingerprint density at radius 3 is 2.53 bits per heavy atom. The minimum absolute atomic E-state index is 0.708. The smallest absolute Gasteiger partial charge is 0.207 e. The van der Waals surface area contributed by atoms with E-state index in [1.807, 2.05) is 26.2 Å². The molecule has 1 aromatic heterocycles. The van der Waals surface area contributed by atoms with Gasteiger partial charge in [0.1, 0.15) is 0 Å². The molecule has 0 spiro atoms. The third-order valence-corrected chi connectivity index (χ3v) is 2.21. The predicted octanol–water partition coefficient (Wildman–Crippen LogP) is 1.25. The lowest BCUT2D eigenvalue weighted by atomic mass is 10.2. The third-order valence-electron chi connectivity index (χ3n) is 2.21. The third kappa shape index (κ3) is 3.58. The van der Waals surface area contributed by atoms with Gasteiger partial charge in [-0.05, 0) is 31.4 Å². The van der Waals surface area contributed by atoms with E-state index in [1.54, 1.807) is 0 Å². The van der Waals surface area contributed by atoms with Gasteiger partial charge in [0.2, 0.25) is 6.41 Å². The molecule has 0 bridgehead atoms.